The number of ether oxygens (including phenoxy) is 1. The second-order valence-corrected chi connectivity index (χ2v) is 6.54. The molecule has 0 spiro atoms. The molecule has 0 bridgehead atoms. The molecule has 1 aromatic carbocycles. The molecule has 128 valence electrons. The molecule has 1 amide bonds. The number of nitrogens with zero attached hydrogens (tertiary/aromatic N) is 4. The van der Waals surface area contributed by atoms with Gasteiger partial charge < -0.3 is 9.64 Å². The Kier molecular flexibility index (Phi) is 3.58. The quantitative estimate of drug-likeness (QED) is 0.736. The predicted molar refractivity (Wildman–Crippen MR) is 94.3 cm³/mol. The minimum absolute atomic E-state index is 0.00731. The highest BCUT2D eigenvalue weighted by Crippen LogP contribution is 2.36. The molecule has 4 rings (SSSR count). The predicted octanol–water partition coefficient (Wildman–Crippen LogP) is 2.27. The van der Waals surface area contributed by atoms with Crippen molar-refractivity contribution in [2.24, 2.45) is 7.05 Å². The van der Waals surface area contributed by atoms with Crippen molar-refractivity contribution in [3.63, 3.8) is 0 Å². The van der Waals surface area contributed by atoms with Crippen molar-refractivity contribution in [2.45, 2.75) is 12.5 Å². The second-order valence-electron chi connectivity index (χ2n) is 6.54. The van der Waals surface area contributed by atoms with Gasteiger partial charge in [0.15, 0.2) is 5.65 Å². The lowest BCUT2D eigenvalue weighted by Gasteiger charge is -2.49. The Labute approximate surface area is 146 Å². The maximum absolute atomic E-state index is 13.0. The van der Waals surface area contributed by atoms with Crippen LogP contribution in [0.25, 0.3) is 11.0 Å². The number of amides is 1. The number of carbonyl (C=O) groups is 1. The summed E-state index contributed by atoms with van der Waals surface area (Å²) in [6, 6.07) is 11.9. The number of methoxy groups -OCH3 is 1. The molecule has 6 heteroatoms. The van der Waals surface area contributed by atoms with Crippen molar-refractivity contribution in [1.82, 2.24) is 19.7 Å². The van der Waals surface area contributed by atoms with E-state index in [4.69, 9.17) is 4.74 Å². The van der Waals surface area contributed by atoms with E-state index in [0.717, 1.165) is 22.3 Å². The van der Waals surface area contributed by atoms with Crippen molar-refractivity contribution in [1.29, 1.82) is 0 Å². The maximum Gasteiger partial charge on any atom is 0.254 e. The summed E-state index contributed by atoms with van der Waals surface area (Å²) in [6.45, 7) is 2.97. The minimum Gasteiger partial charge on any atom is -0.370 e. The van der Waals surface area contributed by atoms with Gasteiger partial charge in [0, 0.05) is 19.9 Å². The Morgan fingerprint density at radius 2 is 1.96 bits per heavy atom. The number of carbonyl (C=O) groups excluding carboxylic acids is 1. The summed E-state index contributed by atoms with van der Waals surface area (Å²) in [4.78, 5) is 19.3. The minimum atomic E-state index is -0.424. The Balaban J connectivity index is 1.64. The van der Waals surface area contributed by atoms with E-state index in [0.29, 0.717) is 18.7 Å². The van der Waals surface area contributed by atoms with Crippen molar-refractivity contribution < 1.29 is 9.53 Å². The summed E-state index contributed by atoms with van der Waals surface area (Å²) in [6.07, 6.45) is 1.70. The number of benzene rings is 1. The van der Waals surface area contributed by atoms with Crippen LogP contribution in [0.15, 0.2) is 42.6 Å². The Hall–Kier alpha value is -2.73. The third-order valence-corrected chi connectivity index (χ3v) is 4.93. The highest BCUT2D eigenvalue weighted by Gasteiger charge is 2.47. The zero-order valence-corrected chi connectivity index (χ0v) is 14.6. The molecule has 0 N–H and O–H groups in total. The van der Waals surface area contributed by atoms with Crippen LogP contribution < -0.4 is 0 Å². The molecule has 3 heterocycles. The summed E-state index contributed by atoms with van der Waals surface area (Å²) >= 11 is 0. The first-order chi connectivity index (χ1) is 12.0. The third kappa shape index (κ3) is 2.41. The van der Waals surface area contributed by atoms with Crippen molar-refractivity contribution in [2.75, 3.05) is 20.2 Å². The molecule has 1 aliphatic heterocycles. The lowest BCUT2D eigenvalue weighted by atomic mass is 9.85. The van der Waals surface area contributed by atoms with Crippen molar-refractivity contribution >= 4 is 16.9 Å². The van der Waals surface area contributed by atoms with Crippen LogP contribution in [-0.4, -0.2) is 45.8 Å². The molecule has 0 aliphatic carbocycles. The number of hydrogen-bond donors (Lipinski definition) is 0. The van der Waals surface area contributed by atoms with E-state index in [1.807, 2.05) is 55.3 Å². The number of pyridine rings is 1. The van der Waals surface area contributed by atoms with Crippen LogP contribution in [-0.2, 0) is 17.4 Å². The number of aromatic nitrogens is 3. The molecule has 2 aromatic heterocycles. The largest absolute Gasteiger partial charge is 0.370 e. The average Bonchev–Trinajstić information content (AvgIpc) is 2.95. The fourth-order valence-corrected chi connectivity index (χ4v) is 3.47. The summed E-state index contributed by atoms with van der Waals surface area (Å²) in [5, 5.41) is 5.02. The van der Waals surface area contributed by atoms with E-state index in [1.54, 1.807) is 18.0 Å². The van der Waals surface area contributed by atoms with E-state index in [1.165, 1.54) is 0 Å². The maximum atomic E-state index is 13.0. The first-order valence-electron chi connectivity index (χ1n) is 8.23. The lowest BCUT2D eigenvalue weighted by molar-refractivity contribution is -0.114. The summed E-state index contributed by atoms with van der Waals surface area (Å²) in [5.41, 5.74) is 2.85. The topological polar surface area (TPSA) is 60.2 Å². The fraction of sp³-hybridized carbons (Fsp3) is 0.316. The van der Waals surface area contributed by atoms with Gasteiger partial charge in [-0.15, -0.1) is 0 Å². The molecule has 1 aliphatic rings. The van der Waals surface area contributed by atoms with Gasteiger partial charge in [-0.25, -0.2) is 4.98 Å². The Morgan fingerprint density at radius 1 is 1.24 bits per heavy atom. The van der Waals surface area contributed by atoms with Gasteiger partial charge in [-0.2, -0.15) is 5.10 Å². The summed E-state index contributed by atoms with van der Waals surface area (Å²) in [7, 11) is 3.53. The van der Waals surface area contributed by atoms with Gasteiger partial charge in [-0.1, -0.05) is 30.3 Å². The lowest BCUT2D eigenvalue weighted by Crippen LogP contribution is -2.62. The molecule has 6 nitrogen and oxygen atoms in total. The second kappa shape index (κ2) is 5.67. The highest BCUT2D eigenvalue weighted by molar-refractivity contribution is 6.05. The molecule has 1 fully saturated rings. The van der Waals surface area contributed by atoms with Gasteiger partial charge >= 0.3 is 0 Å². The summed E-state index contributed by atoms with van der Waals surface area (Å²) in [5.74, 6) is -0.00731. The molecule has 3 aromatic rings. The zero-order valence-electron chi connectivity index (χ0n) is 14.6. The van der Waals surface area contributed by atoms with Crippen LogP contribution >= 0.6 is 0 Å². The molecule has 0 saturated carbocycles. The van der Waals surface area contributed by atoms with E-state index in [9.17, 15) is 4.79 Å². The first kappa shape index (κ1) is 15.8. The van der Waals surface area contributed by atoms with E-state index < -0.39 is 5.60 Å². The fourth-order valence-electron chi connectivity index (χ4n) is 3.47. The molecule has 25 heavy (non-hydrogen) atoms. The SMILES string of the molecule is COC1(c2ccccc2)CN(C(=O)c2cc(C)nc3c2cnn3C)C1. The van der Waals surface area contributed by atoms with Crippen LogP contribution in [0.3, 0.4) is 0 Å². The van der Waals surface area contributed by atoms with Gasteiger partial charge in [0.1, 0.15) is 5.60 Å². The van der Waals surface area contributed by atoms with Crippen LogP contribution in [0.4, 0.5) is 0 Å². The van der Waals surface area contributed by atoms with Crippen LogP contribution in [0.1, 0.15) is 21.6 Å². The monoisotopic (exact) mass is 336 g/mol. The number of fused-ring (bicyclic) bond motifs is 1. The highest BCUT2D eigenvalue weighted by atomic mass is 16.5. The van der Waals surface area contributed by atoms with Crippen LogP contribution in [0.2, 0.25) is 0 Å². The number of likely N-dealkylation sites (tertiary alicyclic amines) is 1. The van der Waals surface area contributed by atoms with Gasteiger partial charge in [-0.05, 0) is 18.6 Å². The van der Waals surface area contributed by atoms with Gasteiger partial charge in [0.2, 0.25) is 0 Å². The standard InChI is InChI=1S/C19H20N4O2/c1-13-9-15(16-10-20-22(2)17(16)21-13)18(24)23-11-19(12-23,25-3)14-7-5-4-6-8-14/h4-10H,11-12H2,1-3H3. The smallest absolute Gasteiger partial charge is 0.254 e. The third-order valence-electron chi connectivity index (χ3n) is 4.93. The molecular weight excluding hydrogens is 316 g/mol. The Morgan fingerprint density at radius 3 is 2.64 bits per heavy atom. The Bertz CT molecular complexity index is 943. The van der Waals surface area contributed by atoms with Crippen LogP contribution in [0, 0.1) is 6.92 Å². The number of hydrogen-bond acceptors (Lipinski definition) is 4. The van der Waals surface area contributed by atoms with Gasteiger partial charge in [0.25, 0.3) is 5.91 Å². The molecular formula is C19H20N4O2. The van der Waals surface area contributed by atoms with Crippen LogP contribution in [0.5, 0.6) is 0 Å². The number of aryl methyl sites for hydroxylation is 2. The van der Waals surface area contributed by atoms with Crippen molar-refractivity contribution in [3.05, 3.63) is 59.4 Å². The van der Waals surface area contributed by atoms with Gasteiger partial charge in [-0.3, -0.25) is 9.48 Å². The van der Waals surface area contributed by atoms with E-state index >= 15 is 0 Å². The molecule has 0 unspecified atom stereocenters. The van der Waals surface area contributed by atoms with Crippen molar-refractivity contribution in [3.8, 4) is 0 Å². The molecule has 0 radical (unpaired) electrons. The average molecular weight is 336 g/mol. The first-order valence-corrected chi connectivity index (χ1v) is 8.23. The number of rotatable bonds is 3. The normalized spacial score (nSPS) is 16.0. The van der Waals surface area contributed by atoms with E-state index in [-0.39, 0.29) is 5.91 Å². The summed E-state index contributed by atoms with van der Waals surface area (Å²) < 4.78 is 7.46. The van der Waals surface area contributed by atoms with E-state index in [2.05, 4.69) is 10.1 Å². The molecule has 0 atom stereocenters. The zero-order chi connectivity index (χ0) is 17.6. The molecule has 1 saturated heterocycles. The van der Waals surface area contributed by atoms with Gasteiger partial charge in [0.05, 0.1) is 30.2 Å².